The first-order valence-corrected chi connectivity index (χ1v) is 10.9. The molecule has 0 fully saturated rings. The van der Waals surface area contributed by atoms with Crippen molar-refractivity contribution in [1.82, 2.24) is 15.2 Å². The Balaban J connectivity index is 1.56. The number of carbonyl (C=O) groups excluding carboxylic acids is 1. The second-order valence-electron chi connectivity index (χ2n) is 7.13. The Hall–Kier alpha value is -3.51. The van der Waals surface area contributed by atoms with Crippen molar-refractivity contribution in [1.29, 1.82) is 0 Å². The maximum Gasteiger partial charge on any atom is 0.234 e. The van der Waals surface area contributed by atoms with Gasteiger partial charge in [-0.05, 0) is 25.0 Å². The van der Waals surface area contributed by atoms with Crippen molar-refractivity contribution >= 4 is 23.4 Å². The molecule has 0 bridgehead atoms. The van der Waals surface area contributed by atoms with E-state index in [4.69, 9.17) is 4.98 Å². The highest BCUT2D eigenvalue weighted by Crippen LogP contribution is 2.29. The molecule has 5 nitrogen and oxygen atoms in total. The van der Waals surface area contributed by atoms with Gasteiger partial charge in [0.2, 0.25) is 11.1 Å². The van der Waals surface area contributed by atoms with Crippen molar-refractivity contribution in [3.05, 3.63) is 90.0 Å². The van der Waals surface area contributed by atoms with Gasteiger partial charge in [-0.3, -0.25) is 4.79 Å². The van der Waals surface area contributed by atoms with Gasteiger partial charge in [0.25, 0.3) is 0 Å². The lowest BCUT2D eigenvalue weighted by atomic mass is 10.0. The highest BCUT2D eigenvalue weighted by atomic mass is 32.2. The third kappa shape index (κ3) is 4.98. The number of carbonyl (C=O) groups is 1. The predicted molar refractivity (Wildman–Crippen MR) is 126 cm³/mol. The second-order valence-corrected chi connectivity index (χ2v) is 8.07. The molecular weight excluding hydrogens is 404 g/mol. The molecule has 31 heavy (non-hydrogen) atoms. The molecule has 0 saturated carbocycles. The zero-order chi connectivity index (χ0) is 21.6. The fraction of sp³-hybridized carbons (Fsp3) is 0.120. The van der Waals surface area contributed by atoms with E-state index in [9.17, 15) is 4.79 Å². The minimum absolute atomic E-state index is 0.0978. The molecule has 154 valence electrons. The van der Waals surface area contributed by atoms with E-state index < -0.39 is 0 Å². The van der Waals surface area contributed by atoms with E-state index in [1.165, 1.54) is 11.8 Å². The fourth-order valence-electron chi connectivity index (χ4n) is 3.28. The summed E-state index contributed by atoms with van der Waals surface area (Å²) in [6.45, 7) is 3.97. The molecule has 0 aliphatic carbocycles. The number of thioether (sulfide) groups is 1. The molecule has 0 aliphatic rings. The molecule has 3 aromatic carbocycles. The van der Waals surface area contributed by atoms with Gasteiger partial charge in [-0.25, -0.2) is 4.98 Å². The zero-order valence-corrected chi connectivity index (χ0v) is 18.2. The molecule has 4 aromatic rings. The van der Waals surface area contributed by atoms with E-state index in [0.717, 1.165) is 39.3 Å². The SMILES string of the molecule is Cc1cccc(C)c1NC(=O)CSc1nnc(-c2ccccc2)c(-c2ccccc2)n1. The van der Waals surface area contributed by atoms with Gasteiger partial charge in [-0.1, -0.05) is 90.6 Å². The van der Waals surface area contributed by atoms with Gasteiger partial charge in [0.1, 0.15) is 11.4 Å². The number of benzene rings is 3. The van der Waals surface area contributed by atoms with E-state index in [-0.39, 0.29) is 11.7 Å². The molecule has 1 amide bonds. The highest BCUT2D eigenvalue weighted by Gasteiger charge is 2.15. The summed E-state index contributed by atoms with van der Waals surface area (Å²) in [5.41, 5.74) is 6.31. The summed E-state index contributed by atoms with van der Waals surface area (Å²) >= 11 is 1.28. The molecule has 1 aromatic heterocycles. The normalized spacial score (nSPS) is 10.6. The van der Waals surface area contributed by atoms with Crippen molar-refractivity contribution < 1.29 is 4.79 Å². The number of nitrogens with zero attached hydrogens (tertiary/aromatic N) is 3. The summed E-state index contributed by atoms with van der Waals surface area (Å²) in [5.74, 6) is 0.105. The van der Waals surface area contributed by atoms with E-state index in [1.807, 2.05) is 92.7 Å². The second kappa shape index (κ2) is 9.53. The minimum Gasteiger partial charge on any atom is -0.325 e. The summed E-state index contributed by atoms with van der Waals surface area (Å²) in [7, 11) is 0. The van der Waals surface area contributed by atoms with Crippen molar-refractivity contribution in [2.24, 2.45) is 0 Å². The molecule has 0 radical (unpaired) electrons. The molecule has 1 N–H and O–H groups in total. The average molecular weight is 427 g/mol. The van der Waals surface area contributed by atoms with Gasteiger partial charge in [0.05, 0.1) is 5.75 Å². The van der Waals surface area contributed by atoms with Crippen LogP contribution in [0.4, 0.5) is 5.69 Å². The summed E-state index contributed by atoms with van der Waals surface area (Å²) in [6.07, 6.45) is 0. The Morgan fingerprint density at radius 3 is 1.97 bits per heavy atom. The Bertz CT molecular complexity index is 1180. The fourth-order valence-corrected chi connectivity index (χ4v) is 3.86. The Kier molecular flexibility index (Phi) is 6.38. The number of nitrogens with one attached hydrogen (secondary N) is 1. The zero-order valence-electron chi connectivity index (χ0n) is 17.4. The number of aryl methyl sites for hydroxylation is 2. The molecular formula is C25H22N4OS. The molecule has 0 unspecified atom stereocenters. The van der Waals surface area contributed by atoms with Crippen LogP contribution in [0.25, 0.3) is 22.5 Å². The topological polar surface area (TPSA) is 67.8 Å². The largest absolute Gasteiger partial charge is 0.325 e. The van der Waals surface area contributed by atoms with Crippen molar-refractivity contribution in [2.45, 2.75) is 19.0 Å². The van der Waals surface area contributed by atoms with Crippen LogP contribution in [-0.4, -0.2) is 26.8 Å². The van der Waals surface area contributed by atoms with Gasteiger partial charge < -0.3 is 5.32 Å². The number of para-hydroxylation sites is 1. The van der Waals surface area contributed by atoms with E-state index >= 15 is 0 Å². The van der Waals surface area contributed by atoms with E-state index in [2.05, 4.69) is 15.5 Å². The van der Waals surface area contributed by atoms with Crippen molar-refractivity contribution in [3.63, 3.8) is 0 Å². The number of aromatic nitrogens is 3. The molecule has 0 aliphatic heterocycles. The van der Waals surface area contributed by atoms with Crippen LogP contribution in [0.15, 0.2) is 84.0 Å². The van der Waals surface area contributed by atoms with Gasteiger partial charge in [-0.2, -0.15) is 0 Å². The molecule has 0 spiro atoms. The lowest BCUT2D eigenvalue weighted by molar-refractivity contribution is -0.113. The van der Waals surface area contributed by atoms with Crippen LogP contribution in [0.3, 0.4) is 0 Å². The number of anilines is 1. The van der Waals surface area contributed by atoms with Gasteiger partial charge in [0.15, 0.2) is 0 Å². The smallest absolute Gasteiger partial charge is 0.234 e. The maximum absolute atomic E-state index is 12.5. The van der Waals surface area contributed by atoms with Crippen LogP contribution >= 0.6 is 11.8 Å². The van der Waals surface area contributed by atoms with Crippen LogP contribution in [0.5, 0.6) is 0 Å². The molecule has 4 rings (SSSR count). The van der Waals surface area contributed by atoms with E-state index in [1.54, 1.807) is 0 Å². The summed E-state index contributed by atoms with van der Waals surface area (Å²) in [4.78, 5) is 17.3. The number of rotatable bonds is 6. The predicted octanol–water partition coefficient (Wildman–Crippen LogP) is 5.55. The van der Waals surface area contributed by atoms with E-state index in [0.29, 0.717) is 5.16 Å². The monoisotopic (exact) mass is 426 g/mol. The number of hydrogen-bond acceptors (Lipinski definition) is 5. The van der Waals surface area contributed by atoms with Crippen LogP contribution in [0, 0.1) is 13.8 Å². The summed E-state index contributed by atoms with van der Waals surface area (Å²) in [6, 6.07) is 25.7. The first kappa shape index (κ1) is 20.8. The first-order chi connectivity index (χ1) is 15.1. The summed E-state index contributed by atoms with van der Waals surface area (Å²) < 4.78 is 0. The quantitative estimate of drug-likeness (QED) is 0.409. The maximum atomic E-state index is 12.5. The Labute approximate surface area is 186 Å². The number of hydrogen-bond donors (Lipinski definition) is 1. The van der Waals surface area contributed by atoms with Crippen molar-refractivity contribution in [2.75, 3.05) is 11.1 Å². The van der Waals surface area contributed by atoms with Gasteiger partial charge in [0, 0.05) is 16.8 Å². The van der Waals surface area contributed by atoms with Gasteiger partial charge >= 0.3 is 0 Å². The average Bonchev–Trinajstić information content (AvgIpc) is 2.81. The van der Waals surface area contributed by atoms with Crippen LogP contribution in [0.2, 0.25) is 0 Å². The lowest BCUT2D eigenvalue weighted by Gasteiger charge is -2.11. The van der Waals surface area contributed by atoms with Crippen LogP contribution in [-0.2, 0) is 4.79 Å². The van der Waals surface area contributed by atoms with Crippen molar-refractivity contribution in [3.8, 4) is 22.5 Å². The molecule has 0 atom stereocenters. The Morgan fingerprint density at radius 2 is 1.35 bits per heavy atom. The molecule has 1 heterocycles. The first-order valence-electron chi connectivity index (χ1n) is 9.96. The molecule has 6 heteroatoms. The lowest BCUT2D eigenvalue weighted by Crippen LogP contribution is -2.16. The van der Waals surface area contributed by atoms with Crippen LogP contribution < -0.4 is 5.32 Å². The minimum atomic E-state index is -0.0978. The highest BCUT2D eigenvalue weighted by molar-refractivity contribution is 7.99. The third-order valence-corrected chi connectivity index (χ3v) is 5.68. The van der Waals surface area contributed by atoms with Crippen LogP contribution in [0.1, 0.15) is 11.1 Å². The number of amides is 1. The standard InChI is InChI=1S/C25H22N4OS/c1-17-10-9-11-18(2)22(17)26-21(30)16-31-25-27-23(19-12-5-3-6-13-19)24(28-29-25)20-14-7-4-8-15-20/h3-15H,16H2,1-2H3,(H,26,30). The summed E-state index contributed by atoms with van der Waals surface area (Å²) in [5, 5.41) is 12.2. The Morgan fingerprint density at radius 1 is 0.774 bits per heavy atom. The molecule has 0 saturated heterocycles. The van der Waals surface area contributed by atoms with Gasteiger partial charge in [-0.15, -0.1) is 10.2 Å². The third-order valence-electron chi connectivity index (χ3n) is 4.84.